The smallest absolute Gasteiger partial charge is 0.121 e. The van der Waals surface area contributed by atoms with Crippen molar-refractivity contribution in [2.75, 3.05) is 13.6 Å². The van der Waals surface area contributed by atoms with Crippen LogP contribution < -0.4 is 5.32 Å². The second-order valence-electron chi connectivity index (χ2n) is 4.67. The SMILES string of the molecule is CNCCc1nnc(C2C3CCCC32)s1. The van der Waals surface area contributed by atoms with E-state index in [4.69, 9.17) is 0 Å². The molecule has 15 heavy (non-hydrogen) atoms. The van der Waals surface area contributed by atoms with E-state index in [9.17, 15) is 0 Å². The lowest BCUT2D eigenvalue weighted by molar-refractivity contribution is 0.674. The number of likely N-dealkylation sites (N-methyl/N-ethyl adjacent to an activating group) is 1. The lowest BCUT2D eigenvalue weighted by atomic mass is 10.2. The molecule has 0 aromatic carbocycles. The summed E-state index contributed by atoms with van der Waals surface area (Å²) in [5.74, 6) is 2.73. The molecule has 2 unspecified atom stereocenters. The molecular weight excluding hydrogens is 206 g/mol. The Morgan fingerprint density at radius 3 is 2.87 bits per heavy atom. The Labute approximate surface area is 94.3 Å². The molecule has 0 aliphatic heterocycles. The standard InChI is InChI=1S/C11H17N3S/c1-12-6-5-9-13-14-11(15-9)10-7-3-2-4-8(7)10/h7-8,10,12H,2-6H2,1H3. The topological polar surface area (TPSA) is 37.8 Å². The lowest BCUT2D eigenvalue weighted by Gasteiger charge is -1.96. The van der Waals surface area contributed by atoms with Crippen molar-refractivity contribution in [3.05, 3.63) is 10.0 Å². The Bertz CT molecular complexity index is 339. The maximum atomic E-state index is 4.35. The van der Waals surface area contributed by atoms with Crippen molar-refractivity contribution in [1.29, 1.82) is 0 Å². The van der Waals surface area contributed by atoms with E-state index in [0.717, 1.165) is 30.7 Å². The van der Waals surface area contributed by atoms with Crippen molar-refractivity contribution in [1.82, 2.24) is 15.5 Å². The Morgan fingerprint density at radius 2 is 2.13 bits per heavy atom. The van der Waals surface area contributed by atoms with Crippen LogP contribution in [-0.2, 0) is 6.42 Å². The molecule has 2 atom stereocenters. The number of nitrogens with zero attached hydrogens (tertiary/aromatic N) is 2. The summed E-state index contributed by atoms with van der Waals surface area (Å²) in [4.78, 5) is 0. The summed E-state index contributed by atoms with van der Waals surface area (Å²) in [5.41, 5.74) is 0. The summed E-state index contributed by atoms with van der Waals surface area (Å²) in [5, 5.41) is 14.3. The summed E-state index contributed by atoms with van der Waals surface area (Å²) in [6, 6.07) is 0. The van der Waals surface area contributed by atoms with E-state index in [1.54, 1.807) is 0 Å². The van der Waals surface area contributed by atoms with Crippen molar-refractivity contribution in [2.45, 2.75) is 31.6 Å². The molecule has 2 aliphatic carbocycles. The molecule has 0 amide bonds. The molecule has 82 valence electrons. The van der Waals surface area contributed by atoms with Gasteiger partial charge < -0.3 is 5.32 Å². The first-order chi connectivity index (χ1) is 7.40. The molecular formula is C11H17N3S. The average Bonchev–Trinajstić information content (AvgIpc) is 2.73. The Kier molecular flexibility index (Phi) is 2.48. The largest absolute Gasteiger partial charge is 0.319 e. The van der Waals surface area contributed by atoms with Gasteiger partial charge in [0.25, 0.3) is 0 Å². The van der Waals surface area contributed by atoms with Crippen molar-refractivity contribution < 1.29 is 0 Å². The van der Waals surface area contributed by atoms with Gasteiger partial charge in [-0.1, -0.05) is 6.42 Å². The maximum absolute atomic E-state index is 4.35. The highest BCUT2D eigenvalue weighted by Crippen LogP contribution is 2.63. The zero-order valence-electron chi connectivity index (χ0n) is 9.07. The summed E-state index contributed by atoms with van der Waals surface area (Å²) < 4.78 is 0. The average molecular weight is 223 g/mol. The third-order valence-corrected chi connectivity index (χ3v) is 4.85. The molecule has 4 heteroatoms. The molecule has 2 saturated carbocycles. The monoisotopic (exact) mass is 223 g/mol. The van der Waals surface area contributed by atoms with Crippen molar-refractivity contribution in [2.24, 2.45) is 11.8 Å². The molecule has 0 spiro atoms. The third kappa shape index (κ3) is 1.70. The van der Waals surface area contributed by atoms with E-state index in [-0.39, 0.29) is 0 Å². The predicted molar refractivity (Wildman–Crippen MR) is 61.1 cm³/mol. The van der Waals surface area contributed by atoms with E-state index in [1.807, 2.05) is 18.4 Å². The van der Waals surface area contributed by atoms with Gasteiger partial charge in [0.05, 0.1) is 0 Å². The summed E-state index contributed by atoms with van der Waals surface area (Å²) in [6.07, 6.45) is 5.33. The summed E-state index contributed by atoms with van der Waals surface area (Å²) in [7, 11) is 1.98. The minimum absolute atomic E-state index is 0.791. The molecule has 1 aromatic heterocycles. The van der Waals surface area contributed by atoms with Gasteiger partial charge in [-0.15, -0.1) is 21.5 Å². The molecule has 3 nitrogen and oxygen atoms in total. The summed E-state index contributed by atoms with van der Waals surface area (Å²) in [6.45, 7) is 1.01. The Hall–Kier alpha value is -0.480. The molecule has 0 bridgehead atoms. The van der Waals surface area contributed by atoms with Gasteiger partial charge in [0.1, 0.15) is 10.0 Å². The van der Waals surface area contributed by atoms with Crippen LogP contribution in [0.2, 0.25) is 0 Å². The first-order valence-electron chi connectivity index (χ1n) is 5.87. The molecule has 2 fully saturated rings. The fourth-order valence-corrected chi connectivity index (χ4v) is 4.02. The Balaban J connectivity index is 1.64. The third-order valence-electron chi connectivity index (χ3n) is 3.76. The molecule has 0 saturated heterocycles. The second kappa shape index (κ2) is 3.83. The van der Waals surface area contributed by atoms with E-state index >= 15 is 0 Å². The van der Waals surface area contributed by atoms with Crippen molar-refractivity contribution in [3.8, 4) is 0 Å². The second-order valence-corrected chi connectivity index (χ2v) is 5.77. The minimum atomic E-state index is 0.791. The number of aromatic nitrogens is 2. The maximum Gasteiger partial charge on any atom is 0.121 e. The number of nitrogens with one attached hydrogen (secondary N) is 1. The number of hydrogen-bond acceptors (Lipinski definition) is 4. The van der Waals surface area contributed by atoms with Gasteiger partial charge in [-0.3, -0.25) is 0 Å². The number of rotatable bonds is 4. The molecule has 1 heterocycles. The van der Waals surface area contributed by atoms with Gasteiger partial charge in [-0.25, -0.2) is 0 Å². The minimum Gasteiger partial charge on any atom is -0.319 e. The Morgan fingerprint density at radius 1 is 1.33 bits per heavy atom. The van der Waals surface area contributed by atoms with E-state index in [0.29, 0.717) is 0 Å². The van der Waals surface area contributed by atoms with Crippen LogP contribution in [0, 0.1) is 11.8 Å². The van der Waals surface area contributed by atoms with Crippen LogP contribution in [-0.4, -0.2) is 23.8 Å². The van der Waals surface area contributed by atoms with Gasteiger partial charge in [0, 0.05) is 18.9 Å². The van der Waals surface area contributed by atoms with Crippen LogP contribution in [0.5, 0.6) is 0 Å². The zero-order chi connectivity index (χ0) is 10.3. The van der Waals surface area contributed by atoms with Crippen LogP contribution >= 0.6 is 11.3 Å². The van der Waals surface area contributed by atoms with Crippen molar-refractivity contribution in [3.63, 3.8) is 0 Å². The van der Waals surface area contributed by atoms with E-state index in [2.05, 4.69) is 15.5 Å². The van der Waals surface area contributed by atoms with Gasteiger partial charge in [-0.05, 0) is 31.7 Å². The van der Waals surface area contributed by atoms with E-state index in [1.165, 1.54) is 29.3 Å². The van der Waals surface area contributed by atoms with Crippen molar-refractivity contribution >= 4 is 11.3 Å². The van der Waals surface area contributed by atoms with Gasteiger partial charge in [0.15, 0.2) is 0 Å². The number of hydrogen-bond donors (Lipinski definition) is 1. The quantitative estimate of drug-likeness (QED) is 0.846. The predicted octanol–water partition coefficient (Wildman–Crippen LogP) is 1.81. The first-order valence-corrected chi connectivity index (χ1v) is 6.68. The normalized spacial score (nSPS) is 33.0. The van der Waals surface area contributed by atoms with Gasteiger partial charge >= 0.3 is 0 Å². The lowest BCUT2D eigenvalue weighted by Crippen LogP contribution is -2.09. The van der Waals surface area contributed by atoms with Gasteiger partial charge in [-0.2, -0.15) is 0 Å². The first kappa shape index (κ1) is 9.73. The highest BCUT2D eigenvalue weighted by molar-refractivity contribution is 7.11. The highest BCUT2D eigenvalue weighted by atomic mass is 32.1. The fourth-order valence-electron chi connectivity index (χ4n) is 2.92. The molecule has 1 aromatic rings. The molecule has 1 N–H and O–H groups in total. The van der Waals surface area contributed by atoms with Gasteiger partial charge in [0.2, 0.25) is 0 Å². The zero-order valence-corrected chi connectivity index (χ0v) is 9.89. The van der Waals surface area contributed by atoms with Crippen LogP contribution in [0.3, 0.4) is 0 Å². The van der Waals surface area contributed by atoms with Crippen LogP contribution in [0.1, 0.15) is 35.2 Å². The summed E-state index contributed by atoms with van der Waals surface area (Å²) >= 11 is 1.84. The number of fused-ring (bicyclic) bond motifs is 1. The fraction of sp³-hybridized carbons (Fsp3) is 0.818. The van der Waals surface area contributed by atoms with E-state index < -0.39 is 0 Å². The van der Waals surface area contributed by atoms with Crippen LogP contribution in [0.25, 0.3) is 0 Å². The van der Waals surface area contributed by atoms with Crippen LogP contribution in [0.4, 0.5) is 0 Å². The molecule has 3 rings (SSSR count). The highest BCUT2D eigenvalue weighted by Gasteiger charge is 2.54. The molecule has 2 aliphatic rings. The molecule has 0 radical (unpaired) electrons. The van der Waals surface area contributed by atoms with Crippen LogP contribution in [0.15, 0.2) is 0 Å².